The Hall–Kier alpha value is -1.36. The SMILES string of the molecule is CC1CCCN(CC(=O)NC(=O)NCCC2=CCCCC2)C1. The number of hydrogen-bond acceptors (Lipinski definition) is 3. The van der Waals surface area contributed by atoms with Gasteiger partial charge in [0.2, 0.25) is 5.91 Å². The van der Waals surface area contributed by atoms with Crippen LogP contribution in [0.4, 0.5) is 4.79 Å². The molecule has 1 aliphatic carbocycles. The first-order valence-corrected chi connectivity index (χ1v) is 8.61. The van der Waals surface area contributed by atoms with Gasteiger partial charge in [-0.1, -0.05) is 18.6 Å². The second-order valence-electron chi connectivity index (χ2n) is 6.64. The fourth-order valence-corrected chi connectivity index (χ4v) is 3.31. The van der Waals surface area contributed by atoms with E-state index in [1.54, 1.807) is 0 Å². The summed E-state index contributed by atoms with van der Waals surface area (Å²) in [5.74, 6) is 0.433. The molecule has 0 radical (unpaired) electrons. The van der Waals surface area contributed by atoms with E-state index in [9.17, 15) is 9.59 Å². The van der Waals surface area contributed by atoms with Crippen LogP contribution in [-0.4, -0.2) is 43.0 Å². The molecule has 124 valence electrons. The molecule has 5 nitrogen and oxygen atoms in total. The van der Waals surface area contributed by atoms with Crippen molar-refractivity contribution >= 4 is 11.9 Å². The van der Waals surface area contributed by atoms with Gasteiger partial charge in [-0.3, -0.25) is 15.0 Å². The zero-order valence-electron chi connectivity index (χ0n) is 13.7. The number of rotatable bonds is 5. The first-order chi connectivity index (χ1) is 10.6. The highest BCUT2D eigenvalue weighted by Gasteiger charge is 2.19. The van der Waals surface area contributed by atoms with Crippen molar-refractivity contribution in [3.8, 4) is 0 Å². The molecule has 22 heavy (non-hydrogen) atoms. The molecule has 1 aliphatic heterocycles. The summed E-state index contributed by atoms with van der Waals surface area (Å²) in [7, 11) is 0. The van der Waals surface area contributed by atoms with Crippen LogP contribution in [0.15, 0.2) is 11.6 Å². The Morgan fingerprint density at radius 2 is 2.18 bits per heavy atom. The molecule has 0 aromatic rings. The van der Waals surface area contributed by atoms with Crippen LogP contribution in [0.1, 0.15) is 51.9 Å². The number of carbonyl (C=O) groups is 2. The van der Waals surface area contributed by atoms with Crippen LogP contribution in [0, 0.1) is 5.92 Å². The lowest BCUT2D eigenvalue weighted by Gasteiger charge is -2.29. The second-order valence-corrected chi connectivity index (χ2v) is 6.64. The van der Waals surface area contributed by atoms with Gasteiger partial charge in [0.1, 0.15) is 0 Å². The molecule has 3 amide bonds. The average Bonchev–Trinajstić information content (AvgIpc) is 2.48. The summed E-state index contributed by atoms with van der Waals surface area (Å²) in [6.07, 6.45) is 10.4. The Morgan fingerprint density at radius 3 is 2.91 bits per heavy atom. The first-order valence-electron chi connectivity index (χ1n) is 8.61. The zero-order valence-corrected chi connectivity index (χ0v) is 13.7. The Morgan fingerprint density at radius 1 is 1.32 bits per heavy atom. The number of nitrogens with one attached hydrogen (secondary N) is 2. The van der Waals surface area contributed by atoms with Crippen molar-refractivity contribution in [3.05, 3.63) is 11.6 Å². The summed E-state index contributed by atoms with van der Waals surface area (Å²) in [6.45, 7) is 5.03. The number of likely N-dealkylation sites (tertiary alicyclic amines) is 1. The molecule has 2 rings (SSSR count). The molecule has 1 unspecified atom stereocenters. The Labute approximate surface area is 133 Å². The van der Waals surface area contributed by atoms with Gasteiger partial charge in [0.25, 0.3) is 0 Å². The molecule has 1 saturated heterocycles. The third-order valence-electron chi connectivity index (χ3n) is 4.48. The fraction of sp³-hybridized carbons (Fsp3) is 0.765. The summed E-state index contributed by atoms with van der Waals surface area (Å²) in [6, 6.07) is -0.369. The molecule has 1 heterocycles. The maximum atomic E-state index is 11.9. The smallest absolute Gasteiger partial charge is 0.321 e. The van der Waals surface area contributed by atoms with Crippen LogP contribution >= 0.6 is 0 Å². The Kier molecular flexibility index (Phi) is 6.90. The Balaban J connectivity index is 1.59. The average molecular weight is 307 g/mol. The van der Waals surface area contributed by atoms with Gasteiger partial charge < -0.3 is 5.32 Å². The number of hydrogen-bond donors (Lipinski definition) is 2. The van der Waals surface area contributed by atoms with E-state index < -0.39 is 0 Å². The van der Waals surface area contributed by atoms with E-state index in [4.69, 9.17) is 0 Å². The summed E-state index contributed by atoms with van der Waals surface area (Å²) in [4.78, 5) is 25.7. The van der Waals surface area contributed by atoms with Crippen molar-refractivity contribution in [2.75, 3.05) is 26.2 Å². The minimum Gasteiger partial charge on any atom is -0.337 e. The monoisotopic (exact) mass is 307 g/mol. The van der Waals surface area contributed by atoms with E-state index in [1.165, 1.54) is 24.8 Å². The zero-order chi connectivity index (χ0) is 15.8. The van der Waals surface area contributed by atoms with E-state index in [2.05, 4.69) is 28.5 Å². The standard InChI is InChI=1S/C17H29N3O2/c1-14-6-5-11-20(12-14)13-16(21)19-17(22)18-10-9-15-7-3-2-4-8-15/h7,14H,2-6,8-13H2,1H3,(H2,18,19,21,22). The molecule has 5 heteroatoms. The molecule has 0 aromatic carbocycles. The maximum absolute atomic E-state index is 11.9. The van der Waals surface area contributed by atoms with Crippen LogP contribution in [0.25, 0.3) is 0 Å². The lowest BCUT2D eigenvalue weighted by atomic mass is 9.97. The number of nitrogens with zero attached hydrogens (tertiary/aromatic N) is 1. The van der Waals surface area contributed by atoms with Crippen LogP contribution in [0.3, 0.4) is 0 Å². The molecule has 2 aliphatic rings. The minimum atomic E-state index is -0.369. The van der Waals surface area contributed by atoms with E-state index in [1.807, 2.05) is 0 Å². The minimum absolute atomic E-state index is 0.205. The fourth-order valence-electron chi connectivity index (χ4n) is 3.31. The van der Waals surface area contributed by atoms with Crippen LogP contribution in [0.2, 0.25) is 0 Å². The van der Waals surface area contributed by atoms with E-state index >= 15 is 0 Å². The highest BCUT2D eigenvalue weighted by atomic mass is 16.2. The van der Waals surface area contributed by atoms with Gasteiger partial charge in [-0.25, -0.2) is 4.79 Å². The van der Waals surface area contributed by atoms with Crippen molar-refractivity contribution in [2.45, 2.75) is 51.9 Å². The summed E-state index contributed by atoms with van der Waals surface area (Å²) in [5, 5.41) is 5.21. The van der Waals surface area contributed by atoms with Crippen molar-refractivity contribution in [1.82, 2.24) is 15.5 Å². The molecular formula is C17H29N3O2. The second kappa shape index (κ2) is 8.93. The van der Waals surface area contributed by atoms with Gasteiger partial charge in [0.15, 0.2) is 0 Å². The highest BCUT2D eigenvalue weighted by Crippen LogP contribution is 2.19. The number of imide groups is 1. The predicted octanol–water partition coefficient (Wildman–Crippen LogP) is 2.43. The van der Waals surface area contributed by atoms with Gasteiger partial charge in [0, 0.05) is 13.1 Å². The van der Waals surface area contributed by atoms with Crippen LogP contribution < -0.4 is 10.6 Å². The normalized spacial score (nSPS) is 22.8. The summed E-state index contributed by atoms with van der Waals surface area (Å²) in [5.41, 5.74) is 1.43. The lowest BCUT2D eigenvalue weighted by Crippen LogP contribution is -2.46. The number of urea groups is 1. The molecule has 0 bridgehead atoms. The molecule has 2 N–H and O–H groups in total. The van der Waals surface area contributed by atoms with E-state index in [0.717, 1.165) is 38.8 Å². The van der Waals surface area contributed by atoms with Crippen molar-refractivity contribution in [2.24, 2.45) is 5.92 Å². The van der Waals surface area contributed by atoms with Gasteiger partial charge >= 0.3 is 6.03 Å². The highest BCUT2D eigenvalue weighted by molar-refractivity contribution is 5.95. The lowest BCUT2D eigenvalue weighted by molar-refractivity contribution is -0.121. The summed E-state index contributed by atoms with van der Waals surface area (Å²) >= 11 is 0. The molecule has 0 saturated carbocycles. The topological polar surface area (TPSA) is 61.4 Å². The van der Waals surface area contributed by atoms with E-state index in [-0.39, 0.29) is 11.9 Å². The van der Waals surface area contributed by atoms with E-state index in [0.29, 0.717) is 19.0 Å². The number of piperidine rings is 1. The molecule has 1 atom stereocenters. The predicted molar refractivity (Wildman–Crippen MR) is 87.5 cm³/mol. The maximum Gasteiger partial charge on any atom is 0.321 e. The summed E-state index contributed by atoms with van der Waals surface area (Å²) < 4.78 is 0. The van der Waals surface area contributed by atoms with Gasteiger partial charge in [-0.2, -0.15) is 0 Å². The Bertz CT molecular complexity index is 420. The number of amides is 3. The third-order valence-corrected chi connectivity index (χ3v) is 4.48. The largest absolute Gasteiger partial charge is 0.337 e. The van der Waals surface area contributed by atoms with Gasteiger partial charge in [-0.05, 0) is 57.4 Å². The number of allylic oxidation sites excluding steroid dienone is 1. The molecule has 0 aromatic heterocycles. The third kappa shape index (κ3) is 6.18. The first kappa shape index (κ1) is 17.0. The van der Waals surface area contributed by atoms with Gasteiger partial charge in [-0.15, -0.1) is 0 Å². The van der Waals surface area contributed by atoms with Crippen molar-refractivity contribution < 1.29 is 9.59 Å². The van der Waals surface area contributed by atoms with Gasteiger partial charge in [0.05, 0.1) is 6.54 Å². The molecule has 0 spiro atoms. The van der Waals surface area contributed by atoms with Crippen molar-refractivity contribution in [3.63, 3.8) is 0 Å². The van der Waals surface area contributed by atoms with Crippen LogP contribution in [-0.2, 0) is 4.79 Å². The molecule has 1 fully saturated rings. The quantitative estimate of drug-likeness (QED) is 0.767. The number of carbonyl (C=O) groups excluding carboxylic acids is 2. The van der Waals surface area contributed by atoms with Crippen LogP contribution in [0.5, 0.6) is 0 Å². The molecular weight excluding hydrogens is 278 g/mol. The van der Waals surface area contributed by atoms with Crippen molar-refractivity contribution in [1.29, 1.82) is 0 Å².